The van der Waals surface area contributed by atoms with Crippen LogP contribution in [-0.2, 0) is 6.42 Å². The minimum atomic E-state index is -0.114. The van der Waals surface area contributed by atoms with Gasteiger partial charge in [0.05, 0.1) is 21.3 Å². The van der Waals surface area contributed by atoms with E-state index in [0.29, 0.717) is 23.7 Å². The van der Waals surface area contributed by atoms with Crippen LogP contribution in [0.25, 0.3) is 16.1 Å². The number of rotatable bonds is 5. The average molecular weight is 315 g/mol. The molecular formula is C17H19N2O4+. The van der Waals surface area contributed by atoms with Crippen molar-refractivity contribution in [1.82, 2.24) is 0 Å². The van der Waals surface area contributed by atoms with E-state index in [1.54, 1.807) is 32.4 Å². The van der Waals surface area contributed by atoms with Crippen LogP contribution in [0.3, 0.4) is 0 Å². The van der Waals surface area contributed by atoms with Gasteiger partial charge < -0.3 is 19.3 Å². The van der Waals surface area contributed by atoms with Crippen molar-refractivity contribution in [2.45, 2.75) is 13.3 Å². The third-order valence-electron chi connectivity index (χ3n) is 3.68. The lowest BCUT2D eigenvalue weighted by Crippen LogP contribution is -1.98. The van der Waals surface area contributed by atoms with Crippen LogP contribution in [0.5, 0.6) is 23.0 Å². The van der Waals surface area contributed by atoms with E-state index in [2.05, 4.69) is 4.98 Å². The van der Waals surface area contributed by atoms with Crippen LogP contribution < -0.4 is 14.2 Å². The molecule has 0 aliphatic rings. The molecule has 2 aromatic carbocycles. The second kappa shape index (κ2) is 6.88. The number of aromatic hydroxyl groups is 1. The molecule has 0 atom stereocenters. The largest absolute Gasteiger partial charge is 0.501 e. The molecule has 0 saturated carbocycles. The lowest BCUT2D eigenvalue weighted by atomic mass is 9.95. The highest BCUT2D eigenvalue weighted by Gasteiger charge is 2.22. The fourth-order valence-corrected chi connectivity index (χ4v) is 2.56. The number of phenolic OH excluding ortho intramolecular Hbond substituents is 1. The SMILES string of the molecule is CCc1cc([N+]#N)c(O)cc1-c1ccc(OC)c(OC)c1OC. The van der Waals surface area contributed by atoms with E-state index in [0.717, 1.165) is 16.7 Å². The molecule has 0 aliphatic carbocycles. The maximum Gasteiger partial charge on any atom is 0.426 e. The summed E-state index contributed by atoms with van der Waals surface area (Å²) in [6.07, 6.45) is 0.690. The summed E-state index contributed by atoms with van der Waals surface area (Å²) < 4.78 is 16.2. The molecule has 0 radical (unpaired) electrons. The van der Waals surface area contributed by atoms with E-state index >= 15 is 0 Å². The van der Waals surface area contributed by atoms with Gasteiger partial charge in [-0.2, -0.15) is 0 Å². The zero-order valence-corrected chi connectivity index (χ0v) is 13.6. The summed E-state index contributed by atoms with van der Waals surface area (Å²) in [6, 6.07) is 6.81. The highest BCUT2D eigenvalue weighted by Crippen LogP contribution is 2.46. The summed E-state index contributed by atoms with van der Waals surface area (Å²) in [6.45, 7) is 1.98. The van der Waals surface area contributed by atoms with Gasteiger partial charge in [-0.3, -0.25) is 0 Å². The van der Waals surface area contributed by atoms with Crippen LogP contribution in [0.1, 0.15) is 12.5 Å². The summed E-state index contributed by atoms with van der Waals surface area (Å²) in [5.74, 6) is 1.42. The maximum atomic E-state index is 10.0. The Morgan fingerprint density at radius 2 is 1.70 bits per heavy atom. The first-order valence-corrected chi connectivity index (χ1v) is 7.11. The van der Waals surface area contributed by atoms with Gasteiger partial charge in [0.25, 0.3) is 0 Å². The van der Waals surface area contributed by atoms with Gasteiger partial charge >= 0.3 is 5.69 Å². The van der Waals surface area contributed by atoms with Crippen molar-refractivity contribution in [2.24, 2.45) is 0 Å². The number of diazo groups is 1. The highest BCUT2D eigenvalue weighted by molar-refractivity contribution is 5.81. The van der Waals surface area contributed by atoms with Crippen molar-refractivity contribution in [1.29, 1.82) is 5.39 Å². The van der Waals surface area contributed by atoms with Crippen molar-refractivity contribution in [3.8, 4) is 34.1 Å². The molecule has 0 saturated heterocycles. The van der Waals surface area contributed by atoms with Crippen molar-refractivity contribution >= 4 is 5.69 Å². The Kier molecular flexibility index (Phi) is 4.91. The van der Waals surface area contributed by atoms with E-state index in [-0.39, 0.29) is 11.4 Å². The zero-order valence-electron chi connectivity index (χ0n) is 13.6. The van der Waals surface area contributed by atoms with Crippen LogP contribution in [0, 0.1) is 5.39 Å². The Balaban J connectivity index is 2.77. The molecule has 0 heterocycles. The van der Waals surface area contributed by atoms with E-state index < -0.39 is 0 Å². The molecule has 0 bridgehead atoms. The number of nitrogens with zero attached hydrogens (tertiary/aromatic N) is 2. The zero-order chi connectivity index (χ0) is 17.0. The highest BCUT2D eigenvalue weighted by atomic mass is 16.5. The molecule has 0 spiro atoms. The molecule has 2 aromatic rings. The van der Waals surface area contributed by atoms with Crippen molar-refractivity contribution in [2.75, 3.05) is 21.3 Å². The molecule has 0 amide bonds. The quantitative estimate of drug-likeness (QED) is 0.839. The molecular weight excluding hydrogens is 296 g/mol. The summed E-state index contributed by atoms with van der Waals surface area (Å²) in [4.78, 5) is 3.09. The van der Waals surface area contributed by atoms with Crippen molar-refractivity contribution in [3.05, 3.63) is 34.8 Å². The predicted octanol–water partition coefficient (Wildman–Crippen LogP) is 4.13. The molecule has 6 nitrogen and oxygen atoms in total. The van der Waals surface area contributed by atoms with E-state index in [4.69, 9.17) is 19.6 Å². The van der Waals surface area contributed by atoms with E-state index in [1.165, 1.54) is 7.11 Å². The lowest BCUT2D eigenvalue weighted by Gasteiger charge is -2.17. The molecule has 0 fully saturated rings. The number of hydrogen-bond donors (Lipinski definition) is 1. The summed E-state index contributed by atoms with van der Waals surface area (Å²) in [5.41, 5.74) is 2.56. The van der Waals surface area contributed by atoms with Gasteiger partial charge in [-0.25, -0.2) is 0 Å². The number of benzene rings is 2. The normalized spacial score (nSPS) is 10.0. The molecule has 0 aliphatic heterocycles. The molecule has 0 unspecified atom stereocenters. The monoisotopic (exact) mass is 315 g/mol. The van der Waals surface area contributed by atoms with Gasteiger partial charge in [-0.05, 0) is 35.7 Å². The number of phenols is 1. The Morgan fingerprint density at radius 3 is 2.22 bits per heavy atom. The van der Waals surface area contributed by atoms with Crippen LogP contribution in [0.4, 0.5) is 5.69 Å². The van der Waals surface area contributed by atoms with Crippen molar-refractivity contribution < 1.29 is 19.3 Å². The van der Waals surface area contributed by atoms with Gasteiger partial charge in [0.1, 0.15) is 0 Å². The van der Waals surface area contributed by atoms with E-state index in [9.17, 15) is 5.11 Å². The van der Waals surface area contributed by atoms with Crippen molar-refractivity contribution in [3.63, 3.8) is 0 Å². The third-order valence-corrected chi connectivity index (χ3v) is 3.68. The Morgan fingerprint density at radius 1 is 1.00 bits per heavy atom. The fourth-order valence-electron chi connectivity index (χ4n) is 2.56. The standard InChI is InChI=1S/C17H18N2O4/c1-5-10-8-13(19-18)14(20)9-12(10)11-6-7-15(21-2)17(23-4)16(11)22-3/h6-9H,5H2,1-4H3/p+1. The van der Waals surface area contributed by atoms with Crippen LogP contribution in [0.2, 0.25) is 0 Å². The summed E-state index contributed by atoms with van der Waals surface area (Å²) >= 11 is 0. The minimum absolute atomic E-state index is 0.114. The topological polar surface area (TPSA) is 76.1 Å². The number of hydrogen-bond acceptors (Lipinski definition) is 5. The fraction of sp³-hybridized carbons (Fsp3) is 0.294. The molecule has 6 heteroatoms. The molecule has 120 valence electrons. The van der Waals surface area contributed by atoms with Gasteiger partial charge in [-0.15, -0.1) is 0 Å². The van der Waals surface area contributed by atoms with Gasteiger partial charge in [-0.1, -0.05) is 6.92 Å². The number of aryl methyl sites for hydroxylation is 1. The van der Waals surface area contributed by atoms with E-state index in [1.807, 2.05) is 13.0 Å². The summed E-state index contributed by atoms with van der Waals surface area (Å²) in [7, 11) is 4.64. The molecule has 23 heavy (non-hydrogen) atoms. The summed E-state index contributed by atoms with van der Waals surface area (Å²) in [5, 5.41) is 19.0. The molecule has 1 N–H and O–H groups in total. The van der Waals surface area contributed by atoms with Gasteiger partial charge in [0.15, 0.2) is 16.5 Å². The first-order chi connectivity index (χ1) is 11.1. The van der Waals surface area contributed by atoms with Crippen LogP contribution >= 0.6 is 0 Å². The Hall–Kier alpha value is -2.94. The van der Waals surface area contributed by atoms with Crippen LogP contribution in [0.15, 0.2) is 24.3 Å². The smallest absolute Gasteiger partial charge is 0.426 e. The van der Waals surface area contributed by atoms with Crippen LogP contribution in [-0.4, -0.2) is 26.4 Å². The average Bonchev–Trinajstić information content (AvgIpc) is 2.59. The predicted molar refractivity (Wildman–Crippen MR) is 87.3 cm³/mol. The first kappa shape index (κ1) is 16.4. The second-order valence-corrected chi connectivity index (χ2v) is 4.83. The second-order valence-electron chi connectivity index (χ2n) is 4.83. The first-order valence-electron chi connectivity index (χ1n) is 7.11. The van der Waals surface area contributed by atoms with Gasteiger partial charge in [0, 0.05) is 11.6 Å². The lowest BCUT2D eigenvalue weighted by molar-refractivity contribution is 0.325. The minimum Gasteiger partial charge on any atom is -0.501 e. The molecule has 2 rings (SSSR count). The molecule has 0 aromatic heterocycles. The Bertz CT molecular complexity index is 766. The number of methoxy groups -OCH3 is 3. The number of ether oxygens (including phenoxy) is 3. The maximum absolute atomic E-state index is 10.0. The van der Waals surface area contributed by atoms with Gasteiger partial charge in [0.2, 0.25) is 16.9 Å². The third kappa shape index (κ3) is 2.86. The Labute approximate surface area is 134 Å².